The minimum atomic E-state index is -0.684. The van der Waals surface area contributed by atoms with Crippen LogP contribution in [0.2, 0.25) is 5.02 Å². The predicted octanol–water partition coefficient (Wildman–Crippen LogP) is 9.03. The van der Waals surface area contributed by atoms with Gasteiger partial charge in [0, 0.05) is 21.4 Å². The molecule has 1 heterocycles. The maximum Gasteiger partial charge on any atom is 0.303 e. The van der Waals surface area contributed by atoms with Crippen molar-refractivity contribution in [1.82, 2.24) is 4.98 Å². The van der Waals surface area contributed by atoms with Gasteiger partial charge in [0.1, 0.15) is 0 Å². The minimum absolute atomic E-state index is 0.0282. The Kier molecular flexibility index (Phi) is 8.21. The van der Waals surface area contributed by atoms with Crippen LogP contribution in [0.15, 0.2) is 78.9 Å². The first-order valence-electron chi connectivity index (χ1n) is 13.1. The molecule has 4 aromatic rings. The van der Waals surface area contributed by atoms with E-state index >= 15 is 0 Å². The Bertz CT molecular complexity index is 1480. The van der Waals surface area contributed by atoms with Crippen LogP contribution in [0.4, 0.5) is 0 Å². The molecule has 1 fully saturated rings. The van der Waals surface area contributed by atoms with Crippen LogP contribution in [-0.4, -0.2) is 21.8 Å². The number of benzene rings is 3. The van der Waals surface area contributed by atoms with E-state index in [4.69, 9.17) is 16.6 Å². The van der Waals surface area contributed by atoms with Gasteiger partial charge in [-0.2, -0.15) is 11.8 Å². The molecular formula is C33H32ClNO2S. The Morgan fingerprint density at radius 1 is 1.05 bits per heavy atom. The molecule has 1 saturated carbocycles. The maximum atomic E-state index is 11.4. The molecule has 1 aliphatic carbocycles. The van der Waals surface area contributed by atoms with Gasteiger partial charge in [-0.25, -0.2) is 4.98 Å². The number of aryl methyl sites for hydroxylation is 2. The number of carboxylic acids is 1. The molecule has 1 N–H and O–H groups in total. The first-order chi connectivity index (χ1) is 18.4. The molecule has 0 spiro atoms. The van der Waals surface area contributed by atoms with Gasteiger partial charge in [0.25, 0.3) is 0 Å². The third-order valence-electron chi connectivity index (χ3n) is 7.42. The highest BCUT2D eigenvalue weighted by molar-refractivity contribution is 7.99. The molecule has 5 heteroatoms. The fraction of sp³-hybridized carbons (Fsp3) is 0.273. The first kappa shape index (κ1) is 26.5. The number of carbonyl (C=O) groups is 1. The van der Waals surface area contributed by atoms with E-state index in [2.05, 4.69) is 67.6 Å². The fourth-order valence-corrected chi connectivity index (χ4v) is 6.65. The van der Waals surface area contributed by atoms with Crippen LogP contribution in [0.1, 0.15) is 58.9 Å². The van der Waals surface area contributed by atoms with Crippen LogP contribution in [0.25, 0.3) is 23.1 Å². The van der Waals surface area contributed by atoms with E-state index in [-0.39, 0.29) is 11.8 Å². The molecule has 0 unspecified atom stereocenters. The number of halogens is 1. The second kappa shape index (κ2) is 11.8. The highest BCUT2D eigenvalue weighted by Crippen LogP contribution is 2.53. The zero-order valence-corrected chi connectivity index (χ0v) is 23.1. The molecule has 0 aliphatic heterocycles. The predicted molar refractivity (Wildman–Crippen MR) is 161 cm³/mol. The molecule has 5 rings (SSSR count). The lowest BCUT2D eigenvalue weighted by Gasteiger charge is -2.21. The topological polar surface area (TPSA) is 50.2 Å². The SMILES string of the molecule is Cc1ccccc1CC[C@@H](SCC1(CC(=O)O)CC1)c1cccc(/C=C/c2ccc3ccc(Cl)cc3n2)c1. The molecule has 1 aromatic heterocycles. The van der Waals surface area contributed by atoms with Crippen LogP contribution in [-0.2, 0) is 11.2 Å². The lowest BCUT2D eigenvalue weighted by Crippen LogP contribution is -2.12. The van der Waals surface area contributed by atoms with E-state index < -0.39 is 5.97 Å². The zero-order valence-electron chi connectivity index (χ0n) is 21.6. The van der Waals surface area contributed by atoms with Crippen molar-refractivity contribution in [3.05, 3.63) is 112 Å². The van der Waals surface area contributed by atoms with Crippen molar-refractivity contribution < 1.29 is 9.90 Å². The van der Waals surface area contributed by atoms with E-state index in [0.29, 0.717) is 10.3 Å². The summed E-state index contributed by atoms with van der Waals surface area (Å²) in [6.45, 7) is 2.17. The summed E-state index contributed by atoms with van der Waals surface area (Å²) in [4.78, 5) is 16.2. The summed E-state index contributed by atoms with van der Waals surface area (Å²) >= 11 is 8.08. The number of aromatic nitrogens is 1. The van der Waals surface area contributed by atoms with Gasteiger partial charge in [0.05, 0.1) is 17.6 Å². The van der Waals surface area contributed by atoms with Gasteiger partial charge in [-0.1, -0.05) is 78.3 Å². The van der Waals surface area contributed by atoms with E-state index in [1.807, 2.05) is 42.1 Å². The molecule has 3 aromatic carbocycles. The second-order valence-electron chi connectivity index (χ2n) is 10.4. The van der Waals surface area contributed by atoms with E-state index in [9.17, 15) is 9.90 Å². The number of thioether (sulfide) groups is 1. The largest absolute Gasteiger partial charge is 0.481 e. The summed E-state index contributed by atoms with van der Waals surface area (Å²) in [5.74, 6) is 0.206. The fourth-order valence-electron chi connectivity index (χ4n) is 4.91. The van der Waals surface area contributed by atoms with Crippen LogP contribution >= 0.6 is 23.4 Å². The molecule has 3 nitrogen and oxygen atoms in total. The van der Waals surface area contributed by atoms with Crippen molar-refractivity contribution in [2.75, 3.05) is 5.75 Å². The molecule has 0 amide bonds. The van der Waals surface area contributed by atoms with Gasteiger partial charge in [0.2, 0.25) is 0 Å². The third kappa shape index (κ3) is 6.86. The van der Waals surface area contributed by atoms with Gasteiger partial charge in [-0.3, -0.25) is 4.79 Å². The van der Waals surface area contributed by atoms with Crippen LogP contribution in [0.5, 0.6) is 0 Å². The standard InChI is InChI=1S/C33H32ClNO2S/c1-23-5-2-3-7-25(23)12-16-31(38-22-33(17-18-33)21-32(36)37)27-8-4-6-24(19-27)9-14-29-15-11-26-10-13-28(34)20-30(26)35-29/h2-11,13-15,19-20,31H,12,16-18,21-22H2,1H3,(H,36,37)/b14-9+/t31-/m1/s1. The van der Waals surface area contributed by atoms with Crippen LogP contribution in [0, 0.1) is 12.3 Å². The molecule has 194 valence electrons. The molecule has 0 radical (unpaired) electrons. The molecule has 0 bridgehead atoms. The summed E-state index contributed by atoms with van der Waals surface area (Å²) in [5, 5.41) is 11.4. The highest BCUT2D eigenvalue weighted by atomic mass is 35.5. The number of rotatable bonds is 11. The summed E-state index contributed by atoms with van der Waals surface area (Å²) in [5.41, 5.74) is 6.86. The summed E-state index contributed by atoms with van der Waals surface area (Å²) in [6.07, 6.45) is 8.47. The maximum absolute atomic E-state index is 11.4. The lowest BCUT2D eigenvalue weighted by molar-refractivity contribution is -0.138. The number of hydrogen-bond acceptors (Lipinski definition) is 3. The van der Waals surface area contributed by atoms with Crippen molar-refractivity contribution in [2.24, 2.45) is 5.41 Å². The van der Waals surface area contributed by atoms with Gasteiger partial charge in [-0.05, 0) is 84.6 Å². The Hall–Kier alpha value is -3.08. The van der Waals surface area contributed by atoms with Crippen molar-refractivity contribution in [1.29, 1.82) is 0 Å². The monoisotopic (exact) mass is 541 g/mol. The van der Waals surface area contributed by atoms with E-state index in [1.54, 1.807) is 0 Å². The molecule has 0 saturated heterocycles. The van der Waals surface area contributed by atoms with Crippen molar-refractivity contribution in [3.63, 3.8) is 0 Å². The number of nitrogens with zero attached hydrogens (tertiary/aromatic N) is 1. The van der Waals surface area contributed by atoms with Crippen molar-refractivity contribution in [2.45, 2.75) is 44.3 Å². The Morgan fingerprint density at radius 3 is 2.66 bits per heavy atom. The zero-order chi connectivity index (χ0) is 26.5. The summed E-state index contributed by atoms with van der Waals surface area (Å²) in [7, 11) is 0. The Morgan fingerprint density at radius 2 is 1.87 bits per heavy atom. The molecule has 1 atom stereocenters. The number of aliphatic carboxylic acids is 1. The highest BCUT2D eigenvalue weighted by Gasteiger charge is 2.44. The van der Waals surface area contributed by atoms with Gasteiger partial charge in [-0.15, -0.1) is 0 Å². The van der Waals surface area contributed by atoms with Gasteiger partial charge >= 0.3 is 5.97 Å². The van der Waals surface area contributed by atoms with Gasteiger partial charge < -0.3 is 5.11 Å². The summed E-state index contributed by atoms with van der Waals surface area (Å²) in [6, 6.07) is 27.1. The minimum Gasteiger partial charge on any atom is -0.481 e. The van der Waals surface area contributed by atoms with Crippen molar-refractivity contribution >= 4 is 52.4 Å². The number of hydrogen-bond donors (Lipinski definition) is 1. The average Bonchev–Trinajstić information content (AvgIpc) is 3.67. The van der Waals surface area contributed by atoms with E-state index in [0.717, 1.165) is 53.6 Å². The van der Waals surface area contributed by atoms with Crippen molar-refractivity contribution in [3.8, 4) is 0 Å². The Labute approximate surface area is 234 Å². The smallest absolute Gasteiger partial charge is 0.303 e. The van der Waals surface area contributed by atoms with Crippen LogP contribution < -0.4 is 0 Å². The first-order valence-corrected chi connectivity index (χ1v) is 14.5. The normalized spacial score (nSPS) is 15.1. The molecule has 38 heavy (non-hydrogen) atoms. The number of fused-ring (bicyclic) bond motifs is 1. The quantitative estimate of drug-likeness (QED) is 0.206. The second-order valence-corrected chi connectivity index (χ2v) is 12.0. The third-order valence-corrected chi connectivity index (χ3v) is 9.34. The molecule has 1 aliphatic rings. The van der Waals surface area contributed by atoms with E-state index in [1.165, 1.54) is 16.7 Å². The summed E-state index contributed by atoms with van der Waals surface area (Å²) < 4.78 is 0. The lowest BCUT2D eigenvalue weighted by atomic mass is 9.99. The number of carboxylic acid groups (broad SMARTS) is 1. The Balaban J connectivity index is 1.35. The van der Waals surface area contributed by atoms with Crippen LogP contribution in [0.3, 0.4) is 0 Å². The average molecular weight is 542 g/mol. The van der Waals surface area contributed by atoms with Gasteiger partial charge in [0.15, 0.2) is 0 Å². The molecular weight excluding hydrogens is 510 g/mol. The number of pyridine rings is 1.